The van der Waals surface area contributed by atoms with Crippen molar-refractivity contribution in [3.63, 3.8) is 0 Å². The largest absolute Gasteiger partial charge is 0.356 e. The third-order valence-electron chi connectivity index (χ3n) is 3.17. The van der Waals surface area contributed by atoms with Gasteiger partial charge in [-0.25, -0.2) is 0 Å². The van der Waals surface area contributed by atoms with Gasteiger partial charge in [0.05, 0.1) is 0 Å². The summed E-state index contributed by atoms with van der Waals surface area (Å²) >= 11 is 0. The second kappa shape index (κ2) is 8.14. The lowest BCUT2D eigenvalue weighted by Crippen LogP contribution is -2.36. The number of guanidine groups is 1. The van der Waals surface area contributed by atoms with Gasteiger partial charge in [-0.3, -0.25) is 4.99 Å². The van der Waals surface area contributed by atoms with Gasteiger partial charge >= 0.3 is 0 Å². The minimum atomic E-state index is 0. The lowest BCUT2D eigenvalue weighted by molar-refractivity contribution is 0.567. The highest BCUT2D eigenvalue weighted by Crippen LogP contribution is 2.15. The minimum Gasteiger partial charge on any atom is -0.356 e. The Bertz CT molecular complexity index is 560. The highest BCUT2D eigenvalue weighted by atomic mass is 127. The van der Waals surface area contributed by atoms with Crippen molar-refractivity contribution in [2.24, 2.45) is 4.99 Å². The second-order valence-electron chi connectivity index (χ2n) is 4.79. The summed E-state index contributed by atoms with van der Waals surface area (Å²) in [5.74, 6) is 0.928. The van der Waals surface area contributed by atoms with E-state index in [0.29, 0.717) is 0 Å². The van der Waals surface area contributed by atoms with Gasteiger partial charge < -0.3 is 14.8 Å². The molecule has 0 saturated carbocycles. The summed E-state index contributed by atoms with van der Waals surface area (Å²) in [7, 11) is 5.80. The summed E-state index contributed by atoms with van der Waals surface area (Å²) in [6.45, 7) is 1.95. The van der Waals surface area contributed by atoms with Crippen molar-refractivity contribution in [2.45, 2.75) is 13.0 Å². The van der Waals surface area contributed by atoms with Crippen molar-refractivity contribution in [1.29, 1.82) is 0 Å². The number of aryl methyl sites for hydroxylation is 1. The molecule has 0 atom stereocenters. The molecule has 1 heterocycles. The summed E-state index contributed by atoms with van der Waals surface area (Å²) in [4.78, 5) is 6.19. The predicted molar refractivity (Wildman–Crippen MR) is 97.0 cm³/mol. The Morgan fingerprint density at radius 3 is 2.70 bits per heavy atom. The van der Waals surface area contributed by atoms with Crippen molar-refractivity contribution < 1.29 is 0 Å². The molecule has 4 nitrogen and oxygen atoms in total. The average Bonchev–Trinajstić information content (AvgIpc) is 2.82. The number of nitrogens with one attached hydrogen (secondary N) is 1. The van der Waals surface area contributed by atoms with Crippen LogP contribution in [0, 0.1) is 0 Å². The maximum Gasteiger partial charge on any atom is 0.193 e. The Morgan fingerprint density at radius 1 is 1.25 bits per heavy atom. The van der Waals surface area contributed by atoms with E-state index in [9.17, 15) is 0 Å². The van der Waals surface area contributed by atoms with Crippen molar-refractivity contribution in [3.05, 3.63) is 36.5 Å². The van der Waals surface area contributed by atoms with Crippen LogP contribution in [0.25, 0.3) is 10.9 Å². The Kier molecular flexibility index (Phi) is 6.84. The van der Waals surface area contributed by atoms with Crippen LogP contribution in [-0.4, -0.2) is 43.1 Å². The molecular weight excluding hydrogens is 363 g/mol. The predicted octanol–water partition coefficient (Wildman–Crippen LogP) is 2.79. The van der Waals surface area contributed by atoms with E-state index in [2.05, 4.69) is 51.4 Å². The van der Waals surface area contributed by atoms with E-state index in [-0.39, 0.29) is 24.0 Å². The molecule has 0 aliphatic heterocycles. The van der Waals surface area contributed by atoms with Crippen LogP contribution < -0.4 is 5.32 Å². The number of aromatic nitrogens is 1. The number of nitrogens with zero attached hydrogens (tertiary/aromatic N) is 3. The first kappa shape index (κ1) is 16.8. The molecule has 2 rings (SSSR count). The van der Waals surface area contributed by atoms with Crippen LogP contribution in [0.3, 0.4) is 0 Å². The Hall–Kier alpha value is -1.24. The van der Waals surface area contributed by atoms with Crippen LogP contribution >= 0.6 is 24.0 Å². The van der Waals surface area contributed by atoms with Crippen molar-refractivity contribution in [2.75, 3.05) is 27.7 Å². The fourth-order valence-corrected chi connectivity index (χ4v) is 2.22. The summed E-state index contributed by atoms with van der Waals surface area (Å²) in [6.07, 6.45) is 3.23. The van der Waals surface area contributed by atoms with Crippen LogP contribution in [-0.2, 0) is 6.54 Å². The molecule has 0 bridgehead atoms. The maximum atomic E-state index is 4.20. The van der Waals surface area contributed by atoms with E-state index in [4.69, 9.17) is 0 Å². The molecule has 1 aromatic carbocycles. The highest BCUT2D eigenvalue weighted by molar-refractivity contribution is 14.0. The Balaban J connectivity index is 0.00000200. The number of para-hydroxylation sites is 1. The molecule has 20 heavy (non-hydrogen) atoms. The summed E-state index contributed by atoms with van der Waals surface area (Å²) in [5, 5.41) is 4.65. The summed E-state index contributed by atoms with van der Waals surface area (Å²) in [6, 6.07) is 10.7. The van der Waals surface area contributed by atoms with Crippen molar-refractivity contribution >= 4 is 40.8 Å². The average molecular weight is 386 g/mol. The molecule has 0 unspecified atom stereocenters. The fraction of sp³-hybridized carbons (Fsp3) is 0.400. The number of aliphatic imine (C=N–C) groups is 1. The Labute approximate surface area is 137 Å². The van der Waals surface area contributed by atoms with Gasteiger partial charge in [-0.1, -0.05) is 18.2 Å². The number of hydrogen-bond donors (Lipinski definition) is 1. The smallest absolute Gasteiger partial charge is 0.193 e. The molecule has 0 aliphatic carbocycles. The van der Waals surface area contributed by atoms with E-state index < -0.39 is 0 Å². The SMILES string of the molecule is CN=C(NCCCn1ccc2ccccc21)N(C)C.I. The summed E-state index contributed by atoms with van der Waals surface area (Å²) < 4.78 is 2.30. The quantitative estimate of drug-likeness (QED) is 0.379. The first-order valence-electron chi connectivity index (χ1n) is 6.64. The lowest BCUT2D eigenvalue weighted by atomic mass is 10.2. The third-order valence-corrected chi connectivity index (χ3v) is 3.17. The van der Waals surface area contributed by atoms with Gasteiger partial charge in [0, 0.05) is 45.9 Å². The molecule has 1 aromatic heterocycles. The fourth-order valence-electron chi connectivity index (χ4n) is 2.22. The van der Waals surface area contributed by atoms with Gasteiger partial charge in [-0.2, -0.15) is 0 Å². The van der Waals surface area contributed by atoms with Crippen LogP contribution in [0.4, 0.5) is 0 Å². The van der Waals surface area contributed by atoms with E-state index in [0.717, 1.165) is 25.5 Å². The number of fused-ring (bicyclic) bond motifs is 1. The normalized spacial score (nSPS) is 11.2. The molecule has 0 spiro atoms. The second-order valence-corrected chi connectivity index (χ2v) is 4.79. The number of rotatable bonds is 4. The molecule has 0 radical (unpaired) electrons. The van der Waals surface area contributed by atoms with Crippen molar-refractivity contribution in [1.82, 2.24) is 14.8 Å². The molecule has 1 N–H and O–H groups in total. The van der Waals surface area contributed by atoms with Gasteiger partial charge in [0.2, 0.25) is 0 Å². The van der Waals surface area contributed by atoms with Gasteiger partial charge in [0.15, 0.2) is 5.96 Å². The monoisotopic (exact) mass is 386 g/mol. The van der Waals surface area contributed by atoms with Gasteiger partial charge in [0.25, 0.3) is 0 Å². The Morgan fingerprint density at radius 2 is 2.00 bits per heavy atom. The van der Waals surface area contributed by atoms with Crippen LogP contribution in [0.15, 0.2) is 41.5 Å². The molecule has 110 valence electrons. The zero-order valence-electron chi connectivity index (χ0n) is 12.3. The van der Waals surface area contributed by atoms with Crippen LogP contribution in [0.1, 0.15) is 6.42 Å². The van der Waals surface area contributed by atoms with E-state index >= 15 is 0 Å². The standard InChI is InChI=1S/C15H22N4.HI/c1-16-15(18(2)3)17-10-6-11-19-12-9-13-7-4-5-8-14(13)19;/h4-5,7-9,12H,6,10-11H2,1-3H3,(H,16,17);1H. The van der Waals surface area contributed by atoms with Crippen molar-refractivity contribution in [3.8, 4) is 0 Å². The van der Waals surface area contributed by atoms with Gasteiger partial charge in [-0.05, 0) is 23.9 Å². The highest BCUT2D eigenvalue weighted by Gasteiger charge is 2.01. The van der Waals surface area contributed by atoms with Gasteiger partial charge in [0.1, 0.15) is 0 Å². The first-order chi connectivity index (χ1) is 9.22. The number of hydrogen-bond acceptors (Lipinski definition) is 1. The lowest BCUT2D eigenvalue weighted by Gasteiger charge is -2.16. The number of halogens is 1. The van der Waals surface area contributed by atoms with Crippen LogP contribution in [0.2, 0.25) is 0 Å². The minimum absolute atomic E-state index is 0. The molecular formula is C15H23IN4. The van der Waals surface area contributed by atoms with Gasteiger partial charge in [-0.15, -0.1) is 24.0 Å². The molecule has 0 saturated heterocycles. The molecule has 0 fully saturated rings. The van der Waals surface area contributed by atoms with E-state index in [1.165, 1.54) is 10.9 Å². The summed E-state index contributed by atoms with van der Waals surface area (Å²) in [5.41, 5.74) is 1.31. The van der Waals surface area contributed by atoms with Crippen LogP contribution in [0.5, 0.6) is 0 Å². The maximum absolute atomic E-state index is 4.20. The third kappa shape index (κ3) is 4.13. The zero-order valence-corrected chi connectivity index (χ0v) is 14.7. The molecule has 2 aromatic rings. The molecule has 5 heteroatoms. The topological polar surface area (TPSA) is 32.6 Å². The van der Waals surface area contributed by atoms with E-state index in [1.54, 1.807) is 0 Å². The van der Waals surface area contributed by atoms with E-state index in [1.807, 2.05) is 26.0 Å². The molecule has 0 aliphatic rings. The number of benzene rings is 1. The zero-order chi connectivity index (χ0) is 13.7. The first-order valence-corrected chi connectivity index (χ1v) is 6.64. The molecule has 0 amide bonds.